The summed E-state index contributed by atoms with van der Waals surface area (Å²) in [5.74, 6) is -0.935. The van der Waals surface area contributed by atoms with Gasteiger partial charge in [-0.2, -0.15) is 0 Å². The summed E-state index contributed by atoms with van der Waals surface area (Å²) < 4.78 is 5.40. The van der Waals surface area contributed by atoms with Crippen molar-refractivity contribution < 1.29 is 19.4 Å². The SMILES string of the molecule is CC(C)OCCCNC(=O)CN(CCC(=O)O)C(C)(C)C. The number of carbonyl (C=O) groups is 2. The third-order valence-corrected chi connectivity index (χ3v) is 2.97. The predicted molar refractivity (Wildman–Crippen MR) is 82.3 cm³/mol. The minimum absolute atomic E-state index is 0.0345. The number of nitrogens with zero attached hydrogens (tertiary/aromatic N) is 1. The van der Waals surface area contributed by atoms with Crippen molar-refractivity contribution in [1.29, 1.82) is 0 Å². The largest absolute Gasteiger partial charge is 0.481 e. The first kappa shape index (κ1) is 19.9. The van der Waals surface area contributed by atoms with Crippen LogP contribution in [-0.2, 0) is 14.3 Å². The first-order valence-electron chi connectivity index (χ1n) is 7.48. The van der Waals surface area contributed by atoms with Crippen molar-refractivity contribution in [2.45, 2.75) is 59.1 Å². The van der Waals surface area contributed by atoms with Gasteiger partial charge in [0.2, 0.25) is 5.91 Å². The Morgan fingerprint density at radius 3 is 2.38 bits per heavy atom. The lowest BCUT2D eigenvalue weighted by molar-refractivity contribution is -0.138. The first-order chi connectivity index (χ1) is 9.62. The van der Waals surface area contributed by atoms with Gasteiger partial charge in [0.05, 0.1) is 19.1 Å². The Labute approximate surface area is 127 Å². The van der Waals surface area contributed by atoms with E-state index in [1.165, 1.54) is 0 Å². The van der Waals surface area contributed by atoms with Crippen LogP contribution >= 0.6 is 0 Å². The van der Waals surface area contributed by atoms with Gasteiger partial charge in [-0.1, -0.05) is 0 Å². The molecule has 21 heavy (non-hydrogen) atoms. The molecule has 0 aliphatic heterocycles. The van der Waals surface area contributed by atoms with Crippen LogP contribution in [0.4, 0.5) is 0 Å². The maximum Gasteiger partial charge on any atom is 0.304 e. The molecule has 1 amide bonds. The van der Waals surface area contributed by atoms with E-state index in [2.05, 4.69) is 5.32 Å². The first-order valence-corrected chi connectivity index (χ1v) is 7.48. The van der Waals surface area contributed by atoms with E-state index in [9.17, 15) is 9.59 Å². The van der Waals surface area contributed by atoms with E-state index in [-0.39, 0.29) is 30.5 Å². The fourth-order valence-electron chi connectivity index (χ4n) is 1.73. The van der Waals surface area contributed by atoms with E-state index < -0.39 is 5.97 Å². The highest BCUT2D eigenvalue weighted by Crippen LogP contribution is 2.13. The summed E-state index contributed by atoms with van der Waals surface area (Å²) in [5, 5.41) is 11.6. The smallest absolute Gasteiger partial charge is 0.304 e. The number of aliphatic carboxylic acids is 1. The maximum absolute atomic E-state index is 11.9. The average molecular weight is 302 g/mol. The van der Waals surface area contributed by atoms with Gasteiger partial charge in [0, 0.05) is 25.2 Å². The Balaban J connectivity index is 4.07. The normalized spacial score (nSPS) is 12.0. The summed E-state index contributed by atoms with van der Waals surface area (Å²) in [6.45, 7) is 11.6. The number of ether oxygens (including phenoxy) is 1. The molecular weight excluding hydrogens is 272 g/mol. The standard InChI is InChI=1S/C15H30N2O4/c1-12(2)21-10-6-8-16-13(18)11-17(15(3,4)5)9-7-14(19)20/h12H,6-11H2,1-5H3,(H,16,18)(H,19,20). The number of carbonyl (C=O) groups excluding carboxylic acids is 1. The number of rotatable bonds is 10. The molecule has 6 heteroatoms. The minimum atomic E-state index is -0.851. The Kier molecular flexibility index (Phi) is 9.21. The molecule has 0 atom stereocenters. The van der Waals surface area contributed by atoms with E-state index >= 15 is 0 Å². The predicted octanol–water partition coefficient (Wildman–Crippen LogP) is 1.49. The van der Waals surface area contributed by atoms with Gasteiger partial charge in [-0.15, -0.1) is 0 Å². The van der Waals surface area contributed by atoms with E-state index in [0.717, 1.165) is 6.42 Å². The fraction of sp³-hybridized carbons (Fsp3) is 0.867. The summed E-state index contributed by atoms with van der Waals surface area (Å²) in [5.41, 5.74) is -0.243. The van der Waals surface area contributed by atoms with Crippen LogP contribution in [0.5, 0.6) is 0 Å². The van der Waals surface area contributed by atoms with Crippen LogP contribution in [0.3, 0.4) is 0 Å². The molecule has 0 aliphatic carbocycles. The molecule has 6 nitrogen and oxygen atoms in total. The van der Waals surface area contributed by atoms with Crippen molar-refractivity contribution in [3.8, 4) is 0 Å². The summed E-state index contributed by atoms with van der Waals surface area (Å²) in [6.07, 6.45) is 1.01. The van der Waals surface area contributed by atoms with Crippen LogP contribution in [0, 0.1) is 0 Å². The lowest BCUT2D eigenvalue weighted by atomic mass is 10.1. The molecule has 0 aromatic rings. The molecule has 0 aromatic heterocycles. The van der Waals surface area contributed by atoms with Gasteiger partial charge in [0.1, 0.15) is 0 Å². The third kappa shape index (κ3) is 11.2. The lowest BCUT2D eigenvalue weighted by Crippen LogP contribution is -2.48. The van der Waals surface area contributed by atoms with Crippen molar-refractivity contribution >= 4 is 11.9 Å². The van der Waals surface area contributed by atoms with Crippen LogP contribution in [0.15, 0.2) is 0 Å². The molecule has 0 radical (unpaired) electrons. The highest BCUT2D eigenvalue weighted by Gasteiger charge is 2.23. The number of nitrogens with one attached hydrogen (secondary N) is 1. The van der Waals surface area contributed by atoms with Crippen molar-refractivity contribution in [3.63, 3.8) is 0 Å². The van der Waals surface area contributed by atoms with E-state index in [1.54, 1.807) is 0 Å². The molecule has 0 aromatic carbocycles. The van der Waals surface area contributed by atoms with Crippen LogP contribution in [0.1, 0.15) is 47.5 Å². The molecule has 0 spiro atoms. The van der Waals surface area contributed by atoms with Gasteiger partial charge in [-0.05, 0) is 41.0 Å². The second kappa shape index (κ2) is 9.73. The number of hydrogen-bond donors (Lipinski definition) is 2. The molecular formula is C15H30N2O4. The Morgan fingerprint density at radius 1 is 1.29 bits per heavy atom. The van der Waals surface area contributed by atoms with Crippen LogP contribution in [0.25, 0.3) is 0 Å². The van der Waals surface area contributed by atoms with Gasteiger partial charge in [-0.25, -0.2) is 0 Å². The van der Waals surface area contributed by atoms with Crippen LogP contribution < -0.4 is 5.32 Å². The zero-order chi connectivity index (χ0) is 16.5. The summed E-state index contributed by atoms with van der Waals surface area (Å²) in [6, 6.07) is 0. The summed E-state index contributed by atoms with van der Waals surface area (Å²) in [7, 11) is 0. The molecule has 0 heterocycles. The van der Waals surface area contributed by atoms with Gasteiger partial charge in [-0.3, -0.25) is 14.5 Å². The number of carboxylic acid groups (broad SMARTS) is 1. The van der Waals surface area contributed by atoms with Gasteiger partial charge in [0.15, 0.2) is 0 Å². The zero-order valence-electron chi connectivity index (χ0n) is 13.9. The summed E-state index contributed by atoms with van der Waals surface area (Å²) >= 11 is 0. The molecule has 0 rings (SSSR count). The Morgan fingerprint density at radius 2 is 1.90 bits per heavy atom. The van der Waals surface area contributed by atoms with Crippen LogP contribution in [-0.4, -0.2) is 59.8 Å². The minimum Gasteiger partial charge on any atom is -0.481 e. The van der Waals surface area contributed by atoms with E-state index in [4.69, 9.17) is 9.84 Å². The number of carboxylic acids is 1. The quantitative estimate of drug-likeness (QED) is 0.598. The number of hydrogen-bond acceptors (Lipinski definition) is 4. The lowest BCUT2D eigenvalue weighted by Gasteiger charge is -2.34. The highest BCUT2D eigenvalue weighted by molar-refractivity contribution is 5.78. The summed E-state index contributed by atoms with van der Waals surface area (Å²) in [4.78, 5) is 24.5. The second-order valence-electron chi connectivity index (χ2n) is 6.36. The second-order valence-corrected chi connectivity index (χ2v) is 6.36. The molecule has 0 saturated heterocycles. The molecule has 0 saturated carbocycles. The molecule has 124 valence electrons. The van der Waals surface area contributed by atoms with Crippen LogP contribution in [0.2, 0.25) is 0 Å². The topological polar surface area (TPSA) is 78.9 Å². The highest BCUT2D eigenvalue weighted by atomic mass is 16.5. The molecule has 0 unspecified atom stereocenters. The molecule has 0 aliphatic rings. The van der Waals surface area contributed by atoms with E-state index in [0.29, 0.717) is 19.7 Å². The van der Waals surface area contributed by atoms with Crippen molar-refractivity contribution in [3.05, 3.63) is 0 Å². The average Bonchev–Trinajstić information content (AvgIpc) is 2.31. The Bertz CT molecular complexity index is 324. The zero-order valence-corrected chi connectivity index (χ0v) is 13.9. The van der Waals surface area contributed by atoms with Crippen molar-refractivity contribution in [2.24, 2.45) is 0 Å². The molecule has 0 bridgehead atoms. The van der Waals surface area contributed by atoms with Gasteiger partial charge in [0.25, 0.3) is 0 Å². The molecule has 0 fully saturated rings. The monoisotopic (exact) mass is 302 g/mol. The fourth-order valence-corrected chi connectivity index (χ4v) is 1.73. The third-order valence-electron chi connectivity index (χ3n) is 2.97. The van der Waals surface area contributed by atoms with Gasteiger partial charge < -0.3 is 15.2 Å². The van der Waals surface area contributed by atoms with E-state index in [1.807, 2.05) is 39.5 Å². The van der Waals surface area contributed by atoms with Gasteiger partial charge >= 0.3 is 5.97 Å². The molecule has 2 N–H and O–H groups in total. The Hall–Kier alpha value is -1.14. The number of amides is 1. The van der Waals surface area contributed by atoms with Crippen molar-refractivity contribution in [1.82, 2.24) is 10.2 Å². The maximum atomic E-state index is 11.9. The van der Waals surface area contributed by atoms with Crippen molar-refractivity contribution in [2.75, 3.05) is 26.2 Å².